The summed E-state index contributed by atoms with van der Waals surface area (Å²) in [5.41, 5.74) is -1.04. The molecule has 2 aromatic rings. The van der Waals surface area contributed by atoms with E-state index in [2.05, 4.69) is 9.55 Å². The number of ether oxygens (including phenoxy) is 6. The quantitative estimate of drug-likeness (QED) is 0.166. The number of aliphatic hydroxyl groups excluding tert-OH is 1. The van der Waals surface area contributed by atoms with E-state index in [1.165, 1.54) is 14.0 Å². The van der Waals surface area contributed by atoms with Crippen LogP contribution in [-0.2, 0) is 44.6 Å². The fourth-order valence-corrected chi connectivity index (χ4v) is 9.80. The number of aliphatic hydroxyl groups is 1. The zero-order valence-corrected chi connectivity index (χ0v) is 38.4. The molecule has 0 bridgehead atoms. The van der Waals surface area contributed by atoms with E-state index >= 15 is 0 Å². The number of hydrogen-bond acceptors (Lipinski definition) is 14. The van der Waals surface area contributed by atoms with Crippen LogP contribution in [0.15, 0.2) is 24.5 Å². The summed E-state index contributed by atoms with van der Waals surface area (Å²) in [6.45, 7) is 16.8. The number of imidazole rings is 1. The number of methoxy groups -OCH3 is 2. The first-order valence-electron chi connectivity index (χ1n) is 21.7. The van der Waals surface area contributed by atoms with Crippen LogP contribution >= 0.6 is 0 Å². The van der Waals surface area contributed by atoms with Crippen LogP contribution in [0.3, 0.4) is 0 Å². The van der Waals surface area contributed by atoms with Crippen molar-refractivity contribution in [3.63, 3.8) is 0 Å². The van der Waals surface area contributed by atoms with E-state index in [4.69, 9.17) is 33.4 Å². The minimum Gasteiger partial charge on any atom is -0.481 e. The van der Waals surface area contributed by atoms with Crippen molar-refractivity contribution in [2.75, 3.05) is 34.9 Å². The van der Waals surface area contributed by atoms with E-state index in [9.17, 15) is 24.3 Å². The molecule has 0 aromatic carbocycles. The Bertz CT molecular complexity index is 1860. The number of hydrogen-bond donors (Lipinski definition) is 1. The molecule has 3 fully saturated rings. The van der Waals surface area contributed by atoms with E-state index in [0.717, 1.165) is 17.1 Å². The lowest BCUT2D eigenvalue weighted by atomic mass is 9.73. The molecule has 1 amide bonds. The van der Waals surface area contributed by atoms with Crippen molar-refractivity contribution in [1.29, 1.82) is 0 Å². The van der Waals surface area contributed by atoms with Crippen molar-refractivity contribution in [2.24, 2.45) is 23.7 Å². The number of carbonyl (C=O) groups is 4. The number of carbonyl (C=O) groups excluding carboxylic acids is 4. The third-order valence-corrected chi connectivity index (χ3v) is 13.4. The number of likely N-dealkylation sites (N-methyl/N-ethyl adjacent to an activating group) is 1. The van der Waals surface area contributed by atoms with Crippen molar-refractivity contribution < 1.29 is 52.7 Å². The summed E-state index contributed by atoms with van der Waals surface area (Å²) in [5, 5.41) is 11.5. The predicted molar refractivity (Wildman–Crippen MR) is 226 cm³/mol. The number of amides is 1. The summed E-state index contributed by atoms with van der Waals surface area (Å²) < 4.78 is 38.5. The van der Waals surface area contributed by atoms with Crippen LogP contribution in [0.4, 0.5) is 4.79 Å². The van der Waals surface area contributed by atoms with Gasteiger partial charge in [0.15, 0.2) is 17.7 Å². The molecule has 16 heteroatoms. The van der Waals surface area contributed by atoms with Gasteiger partial charge in [-0.2, -0.15) is 0 Å². The summed E-state index contributed by atoms with van der Waals surface area (Å²) >= 11 is 0. The number of rotatable bonds is 12. The van der Waals surface area contributed by atoms with Crippen LogP contribution in [0.5, 0.6) is 5.88 Å². The first kappa shape index (κ1) is 48.1. The van der Waals surface area contributed by atoms with Gasteiger partial charge >= 0.3 is 12.1 Å². The Morgan fingerprint density at radius 3 is 2.28 bits per heavy atom. The molecular weight excluding hydrogens is 787 g/mol. The highest BCUT2D eigenvalue weighted by atomic mass is 16.7. The molecule has 0 spiro atoms. The van der Waals surface area contributed by atoms with Crippen LogP contribution in [0, 0.1) is 30.6 Å². The SMILES string of the molecule is CC[C@H]1OC(=O)[C@H](C)C(=O)[C@H](C)[C@@H](OC2O[C@H](C)C[C@H](N(C)C)[C@H]2O)[C@@](C)(OC)C[C@@H](C)C(=O)[C@H](C)[C@H]2N(CCCCn3cc(-c4ccc(OC)nc4)nc3C)C(=O)O[C@]12C. The summed E-state index contributed by atoms with van der Waals surface area (Å²) in [6, 6.07) is 2.61. The topological polar surface area (TPSA) is 181 Å². The Balaban J connectivity index is 1.42. The molecule has 3 aliphatic rings. The molecule has 1 unspecified atom stereocenters. The number of esters is 1. The molecule has 1 N–H and O–H groups in total. The van der Waals surface area contributed by atoms with Gasteiger partial charge in [-0.3, -0.25) is 14.4 Å². The van der Waals surface area contributed by atoms with Gasteiger partial charge in [-0.25, -0.2) is 14.8 Å². The molecule has 0 saturated carbocycles. The average Bonchev–Trinajstić information content (AvgIpc) is 3.73. The zero-order valence-electron chi connectivity index (χ0n) is 38.4. The maximum absolute atomic E-state index is 14.8. The van der Waals surface area contributed by atoms with Gasteiger partial charge < -0.3 is 47.9 Å². The molecular formula is C45H69N5O11. The van der Waals surface area contributed by atoms with Crippen LogP contribution in [0.1, 0.15) is 93.3 Å². The molecule has 13 atom stereocenters. The second-order valence-electron chi connectivity index (χ2n) is 18.0. The monoisotopic (exact) mass is 855 g/mol. The number of Topliss-reactive ketones (excluding diaryl/α,β-unsaturated/α-hetero) is 2. The summed E-state index contributed by atoms with van der Waals surface area (Å²) in [4.78, 5) is 69.6. The molecule has 5 heterocycles. The predicted octanol–water partition coefficient (Wildman–Crippen LogP) is 5.25. The van der Waals surface area contributed by atoms with Gasteiger partial charge in [0.2, 0.25) is 5.88 Å². The first-order valence-corrected chi connectivity index (χ1v) is 21.7. The van der Waals surface area contributed by atoms with Gasteiger partial charge in [0, 0.05) is 68.0 Å². The molecule has 340 valence electrons. The minimum absolute atomic E-state index is 0.123. The number of ketones is 2. The molecule has 61 heavy (non-hydrogen) atoms. The summed E-state index contributed by atoms with van der Waals surface area (Å²) in [7, 11) is 6.81. The minimum atomic E-state index is -1.42. The van der Waals surface area contributed by atoms with Crippen molar-refractivity contribution in [1.82, 2.24) is 24.3 Å². The lowest BCUT2D eigenvalue weighted by Gasteiger charge is -2.47. The Morgan fingerprint density at radius 1 is 0.984 bits per heavy atom. The maximum Gasteiger partial charge on any atom is 0.410 e. The fraction of sp³-hybridized carbons (Fsp3) is 0.733. The largest absolute Gasteiger partial charge is 0.481 e. The van der Waals surface area contributed by atoms with Gasteiger partial charge in [-0.1, -0.05) is 27.7 Å². The van der Waals surface area contributed by atoms with Crippen molar-refractivity contribution in [3.8, 4) is 17.1 Å². The highest BCUT2D eigenvalue weighted by Gasteiger charge is 2.60. The third kappa shape index (κ3) is 9.98. The number of pyridine rings is 1. The lowest BCUT2D eigenvalue weighted by Crippen LogP contribution is -2.60. The highest BCUT2D eigenvalue weighted by molar-refractivity contribution is 6.00. The first-order chi connectivity index (χ1) is 28.7. The van der Waals surface area contributed by atoms with Gasteiger partial charge in [-0.05, 0) is 86.9 Å². The van der Waals surface area contributed by atoms with Crippen molar-refractivity contribution in [2.45, 2.75) is 155 Å². The third-order valence-electron chi connectivity index (χ3n) is 13.4. The average molecular weight is 856 g/mol. The van der Waals surface area contributed by atoms with Crippen LogP contribution < -0.4 is 4.74 Å². The fourth-order valence-electron chi connectivity index (χ4n) is 9.80. The molecule has 3 saturated heterocycles. The van der Waals surface area contributed by atoms with E-state index in [1.54, 1.807) is 52.0 Å². The van der Waals surface area contributed by atoms with Crippen LogP contribution in [0.25, 0.3) is 11.3 Å². The normalized spacial score (nSPS) is 35.5. The second-order valence-corrected chi connectivity index (χ2v) is 18.0. The smallest absolute Gasteiger partial charge is 0.410 e. The molecule has 5 rings (SSSR count). The number of aryl methyl sites for hydroxylation is 2. The molecule has 3 aliphatic heterocycles. The van der Waals surface area contributed by atoms with Crippen LogP contribution in [-0.4, -0.2) is 142 Å². The summed E-state index contributed by atoms with van der Waals surface area (Å²) in [6.07, 6.45) is 0.845. The van der Waals surface area contributed by atoms with E-state index in [0.29, 0.717) is 31.7 Å². The van der Waals surface area contributed by atoms with E-state index in [1.807, 2.05) is 59.0 Å². The summed E-state index contributed by atoms with van der Waals surface area (Å²) in [5.74, 6) is -3.65. The molecule has 0 aliphatic carbocycles. The zero-order chi connectivity index (χ0) is 45.1. The van der Waals surface area contributed by atoms with Gasteiger partial charge in [-0.15, -0.1) is 0 Å². The van der Waals surface area contributed by atoms with Gasteiger partial charge in [0.05, 0.1) is 36.7 Å². The van der Waals surface area contributed by atoms with Crippen molar-refractivity contribution in [3.05, 3.63) is 30.4 Å². The van der Waals surface area contributed by atoms with Crippen molar-refractivity contribution >= 4 is 23.6 Å². The lowest BCUT2D eigenvalue weighted by molar-refractivity contribution is -0.295. The second kappa shape index (κ2) is 19.6. The Morgan fingerprint density at radius 2 is 1.67 bits per heavy atom. The number of fused-ring (bicyclic) bond motifs is 1. The molecule has 2 aromatic heterocycles. The Hall–Kier alpha value is -3.96. The van der Waals surface area contributed by atoms with E-state index < -0.39 is 83.4 Å². The maximum atomic E-state index is 14.8. The number of nitrogens with zero attached hydrogens (tertiary/aromatic N) is 5. The Labute approximate surface area is 360 Å². The molecule has 0 radical (unpaired) electrons. The standard InChI is InChI=1S/C45H69N5O11/c1-14-34-45(9)39(50(43(55)61-45)20-16-15-19-49-24-32(47-30(49)7)31-17-18-35(56-12)46-23-31)27(4)36(51)25(2)22-44(8,57-13)40(28(5)37(52)29(6)41(54)59-34)60-42-38(53)33(48(10)11)21-26(3)58-42/h17-18,23-29,33-34,38-40,42,53H,14-16,19-22H2,1-13H3/t25-,26-,27+,28+,29-,33+,34-,38-,39-,40-,42?,44+,45-/m1/s1. The van der Waals surface area contributed by atoms with Gasteiger partial charge in [0.1, 0.15) is 29.7 Å². The Kier molecular flexibility index (Phi) is 15.5. The van der Waals surface area contributed by atoms with Gasteiger partial charge in [0.25, 0.3) is 0 Å². The number of aromatic nitrogens is 3. The van der Waals surface area contributed by atoms with Crippen LogP contribution in [0.2, 0.25) is 0 Å². The molecule has 16 nitrogen and oxygen atoms in total. The number of unbranched alkanes of at least 4 members (excludes halogenated alkanes) is 1. The number of cyclic esters (lactones) is 1. The van der Waals surface area contributed by atoms with E-state index in [-0.39, 0.29) is 37.3 Å². The highest BCUT2D eigenvalue weighted by Crippen LogP contribution is 2.43.